The molecule has 1 saturated heterocycles. The van der Waals surface area contributed by atoms with Crippen molar-refractivity contribution in [2.24, 2.45) is 11.8 Å². The van der Waals surface area contributed by atoms with Gasteiger partial charge in [-0.05, 0) is 32.6 Å². The Morgan fingerprint density at radius 2 is 2.00 bits per heavy atom. The Morgan fingerprint density at radius 3 is 2.69 bits per heavy atom. The highest BCUT2D eigenvalue weighted by Gasteiger charge is 2.45. The molecule has 13 heavy (non-hydrogen) atoms. The number of carbonyl (C=O) groups is 1. The van der Waals surface area contributed by atoms with Crippen LogP contribution in [0.4, 0.5) is 0 Å². The van der Waals surface area contributed by atoms with E-state index in [9.17, 15) is 4.79 Å². The maximum absolute atomic E-state index is 11.4. The SMILES string of the molecule is CC(=O)[C@H]1[C@@H]2CCCC[C@H]2O[C@H]1C. The minimum Gasteiger partial charge on any atom is -0.374 e. The standard InChI is InChI=1S/C11H18O2/c1-7(12)11-8(2)13-10-6-4-3-5-9(10)11/h8-11H,3-6H2,1-2H3/t8-,9+,10+,11+/m0/s1. The van der Waals surface area contributed by atoms with Crippen LogP contribution < -0.4 is 0 Å². The zero-order valence-corrected chi connectivity index (χ0v) is 8.45. The second-order valence-corrected chi connectivity index (χ2v) is 4.46. The van der Waals surface area contributed by atoms with Crippen LogP contribution in [0.3, 0.4) is 0 Å². The van der Waals surface area contributed by atoms with E-state index >= 15 is 0 Å². The predicted molar refractivity (Wildman–Crippen MR) is 50.5 cm³/mol. The van der Waals surface area contributed by atoms with Crippen molar-refractivity contribution in [3.05, 3.63) is 0 Å². The third-order valence-electron chi connectivity index (χ3n) is 3.58. The van der Waals surface area contributed by atoms with Gasteiger partial charge >= 0.3 is 0 Å². The molecule has 0 aromatic carbocycles. The Hall–Kier alpha value is -0.370. The number of Topliss-reactive ketones (excluding diaryl/α,β-unsaturated/α-hetero) is 1. The Morgan fingerprint density at radius 1 is 1.31 bits per heavy atom. The van der Waals surface area contributed by atoms with Crippen LogP contribution in [-0.2, 0) is 9.53 Å². The first-order chi connectivity index (χ1) is 6.20. The maximum atomic E-state index is 11.4. The molecule has 2 nitrogen and oxygen atoms in total. The number of rotatable bonds is 1. The minimum absolute atomic E-state index is 0.158. The van der Waals surface area contributed by atoms with Gasteiger partial charge in [-0.2, -0.15) is 0 Å². The molecule has 0 spiro atoms. The van der Waals surface area contributed by atoms with E-state index in [0.29, 0.717) is 17.8 Å². The molecule has 2 rings (SSSR count). The first kappa shape index (κ1) is 9.20. The first-order valence-electron chi connectivity index (χ1n) is 5.36. The van der Waals surface area contributed by atoms with Crippen molar-refractivity contribution in [1.29, 1.82) is 0 Å². The van der Waals surface area contributed by atoms with Gasteiger partial charge in [0.25, 0.3) is 0 Å². The van der Waals surface area contributed by atoms with Gasteiger partial charge in [0.15, 0.2) is 0 Å². The molecule has 1 aliphatic carbocycles. The molecule has 0 unspecified atom stereocenters. The molecule has 2 fully saturated rings. The highest BCUT2D eigenvalue weighted by molar-refractivity contribution is 5.79. The second kappa shape index (κ2) is 3.41. The zero-order chi connectivity index (χ0) is 9.42. The molecule has 74 valence electrons. The molecule has 1 saturated carbocycles. The maximum Gasteiger partial charge on any atom is 0.135 e. The minimum atomic E-state index is 0.158. The third-order valence-corrected chi connectivity index (χ3v) is 3.58. The highest BCUT2D eigenvalue weighted by Crippen LogP contribution is 2.41. The molecule has 2 aliphatic rings. The molecule has 4 atom stereocenters. The summed E-state index contributed by atoms with van der Waals surface area (Å²) in [5.41, 5.74) is 0. The van der Waals surface area contributed by atoms with Gasteiger partial charge in [-0.15, -0.1) is 0 Å². The van der Waals surface area contributed by atoms with Crippen LogP contribution in [0.2, 0.25) is 0 Å². The van der Waals surface area contributed by atoms with Crippen LogP contribution >= 0.6 is 0 Å². The van der Waals surface area contributed by atoms with Crippen LogP contribution in [0.15, 0.2) is 0 Å². The Bertz CT molecular complexity index is 212. The van der Waals surface area contributed by atoms with Gasteiger partial charge in [0.2, 0.25) is 0 Å². The van der Waals surface area contributed by atoms with Crippen LogP contribution in [0.1, 0.15) is 39.5 Å². The van der Waals surface area contributed by atoms with Gasteiger partial charge in [0.05, 0.1) is 12.2 Å². The molecule has 0 amide bonds. The van der Waals surface area contributed by atoms with E-state index in [2.05, 4.69) is 0 Å². The van der Waals surface area contributed by atoms with Crippen LogP contribution in [0, 0.1) is 11.8 Å². The fourth-order valence-corrected chi connectivity index (χ4v) is 3.05. The monoisotopic (exact) mass is 182 g/mol. The van der Waals surface area contributed by atoms with Gasteiger partial charge in [-0.3, -0.25) is 4.79 Å². The summed E-state index contributed by atoms with van der Waals surface area (Å²) in [7, 11) is 0. The summed E-state index contributed by atoms with van der Waals surface area (Å²) in [5, 5.41) is 0. The Labute approximate surface area is 79.7 Å². The van der Waals surface area contributed by atoms with Gasteiger partial charge in [0, 0.05) is 5.92 Å². The number of hydrogen-bond donors (Lipinski definition) is 0. The van der Waals surface area contributed by atoms with Crippen LogP contribution in [0.25, 0.3) is 0 Å². The van der Waals surface area contributed by atoms with E-state index in [1.54, 1.807) is 6.92 Å². The van der Waals surface area contributed by atoms with E-state index in [1.807, 2.05) is 6.92 Å². The summed E-state index contributed by atoms with van der Waals surface area (Å²) in [4.78, 5) is 11.4. The molecule has 0 radical (unpaired) electrons. The van der Waals surface area contributed by atoms with Crippen LogP contribution in [0.5, 0.6) is 0 Å². The average Bonchev–Trinajstić information content (AvgIpc) is 2.39. The Balaban J connectivity index is 2.13. The van der Waals surface area contributed by atoms with E-state index in [-0.39, 0.29) is 12.0 Å². The number of ketones is 1. The normalized spacial score (nSPS) is 44.5. The molecule has 2 heteroatoms. The summed E-state index contributed by atoms with van der Waals surface area (Å²) < 4.78 is 5.82. The van der Waals surface area contributed by atoms with Crippen LogP contribution in [-0.4, -0.2) is 18.0 Å². The fraction of sp³-hybridized carbons (Fsp3) is 0.909. The van der Waals surface area contributed by atoms with Crippen molar-refractivity contribution in [3.63, 3.8) is 0 Å². The molecule has 0 bridgehead atoms. The molecule has 0 aromatic rings. The molecular weight excluding hydrogens is 164 g/mol. The van der Waals surface area contributed by atoms with Gasteiger partial charge in [-0.1, -0.05) is 12.8 Å². The topological polar surface area (TPSA) is 26.3 Å². The van der Waals surface area contributed by atoms with E-state index < -0.39 is 0 Å². The fourth-order valence-electron chi connectivity index (χ4n) is 3.05. The quantitative estimate of drug-likeness (QED) is 0.621. The molecule has 0 aromatic heterocycles. The van der Waals surface area contributed by atoms with Gasteiger partial charge in [-0.25, -0.2) is 0 Å². The van der Waals surface area contributed by atoms with Crippen molar-refractivity contribution in [2.75, 3.05) is 0 Å². The summed E-state index contributed by atoms with van der Waals surface area (Å²) >= 11 is 0. The molecule has 1 heterocycles. The van der Waals surface area contributed by atoms with E-state index in [0.717, 1.165) is 0 Å². The lowest BCUT2D eigenvalue weighted by Crippen LogP contribution is -2.29. The van der Waals surface area contributed by atoms with E-state index in [1.165, 1.54) is 25.7 Å². The summed E-state index contributed by atoms with van der Waals surface area (Å²) in [6.45, 7) is 3.76. The zero-order valence-electron chi connectivity index (χ0n) is 8.45. The van der Waals surface area contributed by atoms with Gasteiger partial charge < -0.3 is 4.74 Å². The largest absolute Gasteiger partial charge is 0.374 e. The first-order valence-corrected chi connectivity index (χ1v) is 5.36. The highest BCUT2D eigenvalue weighted by atomic mass is 16.5. The summed E-state index contributed by atoms with van der Waals surface area (Å²) in [5.74, 6) is 1.04. The Kier molecular flexibility index (Phi) is 2.41. The molecule has 0 N–H and O–H groups in total. The second-order valence-electron chi connectivity index (χ2n) is 4.46. The van der Waals surface area contributed by atoms with Gasteiger partial charge in [0.1, 0.15) is 5.78 Å². The smallest absolute Gasteiger partial charge is 0.135 e. The number of carbonyl (C=O) groups excluding carboxylic acids is 1. The third kappa shape index (κ3) is 1.52. The predicted octanol–water partition coefficient (Wildman–Crippen LogP) is 2.17. The lowest BCUT2D eigenvalue weighted by molar-refractivity contribution is -0.123. The van der Waals surface area contributed by atoms with Crippen molar-refractivity contribution in [2.45, 2.75) is 51.7 Å². The number of ether oxygens (including phenoxy) is 1. The lowest BCUT2D eigenvalue weighted by atomic mass is 9.77. The average molecular weight is 182 g/mol. The number of fused-ring (bicyclic) bond motifs is 1. The summed E-state index contributed by atoms with van der Waals surface area (Å²) in [6, 6.07) is 0. The van der Waals surface area contributed by atoms with E-state index in [4.69, 9.17) is 4.74 Å². The summed E-state index contributed by atoms with van der Waals surface area (Å²) in [6.07, 6.45) is 5.46. The van der Waals surface area contributed by atoms with Crippen molar-refractivity contribution in [3.8, 4) is 0 Å². The van der Waals surface area contributed by atoms with Crippen molar-refractivity contribution >= 4 is 5.78 Å². The molecule has 1 aliphatic heterocycles. The van der Waals surface area contributed by atoms with Crippen molar-refractivity contribution in [1.82, 2.24) is 0 Å². The number of hydrogen-bond acceptors (Lipinski definition) is 2. The lowest BCUT2D eigenvalue weighted by Gasteiger charge is -2.26. The van der Waals surface area contributed by atoms with Crippen molar-refractivity contribution < 1.29 is 9.53 Å². The molecular formula is C11H18O2.